The Balaban J connectivity index is 1.68. The van der Waals surface area contributed by atoms with Crippen LogP contribution in [0.2, 0.25) is 0 Å². The van der Waals surface area contributed by atoms with Gasteiger partial charge in [-0.05, 0) is 78.3 Å². The summed E-state index contributed by atoms with van der Waals surface area (Å²) in [5.41, 5.74) is 3.05. The van der Waals surface area contributed by atoms with Crippen molar-refractivity contribution >= 4 is 29.2 Å². The van der Waals surface area contributed by atoms with E-state index < -0.39 is 0 Å². The van der Waals surface area contributed by atoms with E-state index in [-0.39, 0.29) is 42.5 Å². The first-order valence-corrected chi connectivity index (χ1v) is 14.3. The summed E-state index contributed by atoms with van der Waals surface area (Å²) in [6.45, 7) is 5.43. The molecule has 1 atom stereocenters. The molecule has 2 aromatic rings. The van der Waals surface area contributed by atoms with Crippen LogP contribution in [-0.4, -0.2) is 47.6 Å². The molecule has 0 spiro atoms. The molecule has 1 amide bonds. The SMILES string of the molecule is CCCCOC(=O)CCN(Cc1csc(C(=O)OCCCC)c1)C(=O)CC1CCCc2cc(O)ccc21. The molecule has 1 unspecified atom stereocenters. The Labute approximate surface area is 223 Å². The molecular weight excluding hydrogens is 490 g/mol. The molecule has 0 bridgehead atoms. The molecule has 1 aromatic heterocycles. The van der Waals surface area contributed by atoms with Crippen molar-refractivity contribution in [3.05, 3.63) is 51.2 Å². The van der Waals surface area contributed by atoms with Gasteiger partial charge in [0.25, 0.3) is 0 Å². The molecule has 1 aliphatic carbocycles. The van der Waals surface area contributed by atoms with E-state index in [1.54, 1.807) is 23.1 Å². The van der Waals surface area contributed by atoms with Gasteiger partial charge in [-0.3, -0.25) is 9.59 Å². The van der Waals surface area contributed by atoms with Crippen molar-refractivity contribution in [1.29, 1.82) is 0 Å². The molecule has 1 N–H and O–H groups in total. The molecule has 1 aromatic carbocycles. The van der Waals surface area contributed by atoms with Crippen molar-refractivity contribution in [2.24, 2.45) is 0 Å². The highest BCUT2D eigenvalue weighted by atomic mass is 32.1. The first-order valence-electron chi connectivity index (χ1n) is 13.4. The maximum atomic E-state index is 13.5. The van der Waals surface area contributed by atoms with E-state index >= 15 is 0 Å². The van der Waals surface area contributed by atoms with Gasteiger partial charge in [0.15, 0.2) is 0 Å². The van der Waals surface area contributed by atoms with Crippen LogP contribution < -0.4 is 0 Å². The second-order valence-corrected chi connectivity index (χ2v) is 10.5. The zero-order chi connectivity index (χ0) is 26.6. The first kappa shape index (κ1) is 28.7. The lowest BCUT2D eigenvalue weighted by Crippen LogP contribution is -2.34. The number of nitrogens with zero attached hydrogens (tertiary/aromatic N) is 1. The third kappa shape index (κ3) is 8.88. The maximum Gasteiger partial charge on any atom is 0.348 e. The number of esters is 2. The van der Waals surface area contributed by atoms with Crippen LogP contribution in [0.15, 0.2) is 29.6 Å². The largest absolute Gasteiger partial charge is 0.508 e. The number of hydrogen-bond acceptors (Lipinski definition) is 7. The molecule has 1 heterocycles. The van der Waals surface area contributed by atoms with Crippen molar-refractivity contribution in [3.63, 3.8) is 0 Å². The number of carbonyl (C=O) groups excluding carboxylic acids is 3. The molecule has 3 rings (SSSR count). The molecule has 0 aliphatic heterocycles. The second kappa shape index (κ2) is 14.8. The second-order valence-electron chi connectivity index (χ2n) is 9.62. The molecule has 37 heavy (non-hydrogen) atoms. The van der Waals surface area contributed by atoms with Gasteiger partial charge in [0.05, 0.1) is 19.6 Å². The fourth-order valence-electron chi connectivity index (χ4n) is 4.54. The Morgan fingerprint density at radius 3 is 2.59 bits per heavy atom. The summed E-state index contributed by atoms with van der Waals surface area (Å²) in [6.07, 6.45) is 6.76. The maximum absolute atomic E-state index is 13.5. The lowest BCUT2D eigenvalue weighted by molar-refractivity contribution is -0.144. The fourth-order valence-corrected chi connectivity index (χ4v) is 5.34. The highest BCUT2D eigenvalue weighted by Crippen LogP contribution is 2.36. The van der Waals surface area contributed by atoms with Crippen LogP contribution in [0.25, 0.3) is 0 Å². The average molecular weight is 530 g/mol. The van der Waals surface area contributed by atoms with Gasteiger partial charge in [-0.25, -0.2) is 4.79 Å². The summed E-state index contributed by atoms with van der Waals surface area (Å²) in [6, 6.07) is 7.17. The van der Waals surface area contributed by atoms with Crippen molar-refractivity contribution in [1.82, 2.24) is 4.90 Å². The van der Waals surface area contributed by atoms with E-state index in [1.807, 2.05) is 25.3 Å². The summed E-state index contributed by atoms with van der Waals surface area (Å²) < 4.78 is 10.6. The zero-order valence-electron chi connectivity index (χ0n) is 22.0. The monoisotopic (exact) mass is 529 g/mol. The summed E-state index contributed by atoms with van der Waals surface area (Å²) in [7, 11) is 0. The van der Waals surface area contributed by atoms with Crippen LogP contribution >= 0.6 is 11.3 Å². The number of unbranched alkanes of at least 4 members (excludes halogenated alkanes) is 2. The van der Waals surface area contributed by atoms with E-state index in [0.29, 0.717) is 31.1 Å². The Bertz CT molecular complexity index is 1050. The topological polar surface area (TPSA) is 93.1 Å². The Morgan fingerprint density at radius 2 is 1.84 bits per heavy atom. The van der Waals surface area contributed by atoms with Crippen molar-refractivity contribution in [2.45, 2.75) is 84.1 Å². The van der Waals surface area contributed by atoms with Crippen LogP contribution in [0.3, 0.4) is 0 Å². The Kier molecular flexibility index (Phi) is 11.5. The highest BCUT2D eigenvalue weighted by Gasteiger charge is 2.26. The number of fused-ring (bicyclic) bond motifs is 1. The number of amides is 1. The van der Waals surface area contributed by atoms with E-state index in [0.717, 1.165) is 61.6 Å². The van der Waals surface area contributed by atoms with Crippen LogP contribution in [-0.2, 0) is 32.0 Å². The fraction of sp³-hybridized carbons (Fsp3) is 0.552. The molecule has 0 radical (unpaired) electrons. The molecule has 0 saturated carbocycles. The van der Waals surface area contributed by atoms with Gasteiger partial charge in [0, 0.05) is 19.5 Å². The molecular formula is C29H39NO6S. The predicted octanol–water partition coefficient (Wildman–Crippen LogP) is 5.98. The number of ether oxygens (including phenoxy) is 2. The van der Waals surface area contributed by atoms with E-state index in [1.165, 1.54) is 11.3 Å². The van der Waals surface area contributed by atoms with Gasteiger partial charge in [0.2, 0.25) is 5.91 Å². The summed E-state index contributed by atoms with van der Waals surface area (Å²) >= 11 is 1.31. The van der Waals surface area contributed by atoms with Crippen molar-refractivity contribution < 1.29 is 29.0 Å². The number of aryl methyl sites for hydroxylation is 1. The molecule has 202 valence electrons. The number of phenols is 1. The first-order chi connectivity index (χ1) is 17.9. The van der Waals surface area contributed by atoms with Crippen molar-refractivity contribution in [3.8, 4) is 5.75 Å². The van der Waals surface area contributed by atoms with Gasteiger partial charge in [-0.1, -0.05) is 32.8 Å². The summed E-state index contributed by atoms with van der Waals surface area (Å²) in [4.78, 5) is 40.3. The van der Waals surface area contributed by atoms with Gasteiger partial charge >= 0.3 is 11.9 Å². The molecule has 0 fully saturated rings. The predicted molar refractivity (Wildman–Crippen MR) is 144 cm³/mol. The Morgan fingerprint density at radius 1 is 1.08 bits per heavy atom. The van der Waals surface area contributed by atoms with Crippen molar-refractivity contribution in [2.75, 3.05) is 19.8 Å². The standard InChI is InChI=1S/C29H39NO6S/c1-3-5-14-35-28(33)12-13-30(19-21-16-26(37-20-21)29(34)36-15-6-4-2)27(32)18-23-9-7-8-22-17-24(31)10-11-25(22)23/h10-11,16-17,20,23,31H,3-9,12-15,18-19H2,1-2H3. The van der Waals surface area contributed by atoms with Gasteiger partial charge < -0.3 is 19.5 Å². The zero-order valence-corrected chi connectivity index (χ0v) is 22.8. The third-order valence-electron chi connectivity index (χ3n) is 6.65. The van der Waals surface area contributed by atoms with E-state index in [9.17, 15) is 19.5 Å². The lowest BCUT2D eigenvalue weighted by Gasteiger charge is -2.28. The van der Waals surface area contributed by atoms with Gasteiger partial charge in [-0.15, -0.1) is 11.3 Å². The summed E-state index contributed by atoms with van der Waals surface area (Å²) in [5.74, 6) is -0.372. The quantitative estimate of drug-likeness (QED) is 0.239. The van der Waals surface area contributed by atoms with Crippen LogP contribution in [0.1, 0.15) is 97.5 Å². The number of benzene rings is 1. The number of carbonyl (C=O) groups is 3. The number of rotatable bonds is 14. The summed E-state index contributed by atoms with van der Waals surface area (Å²) in [5, 5.41) is 11.7. The molecule has 8 heteroatoms. The number of phenolic OH excluding ortho intramolecular Hbond substituents is 1. The van der Waals surface area contributed by atoms with E-state index in [4.69, 9.17) is 9.47 Å². The average Bonchev–Trinajstić information content (AvgIpc) is 3.35. The van der Waals surface area contributed by atoms with Crippen LogP contribution in [0.5, 0.6) is 5.75 Å². The number of aromatic hydroxyl groups is 1. The molecule has 0 saturated heterocycles. The highest BCUT2D eigenvalue weighted by molar-refractivity contribution is 7.12. The molecule has 7 nitrogen and oxygen atoms in total. The minimum Gasteiger partial charge on any atom is -0.508 e. The van der Waals surface area contributed by atoms with Crippen LogP contribution in [0.4, 0.5) is 0 Å². The Hall–Kier alpha value is -2.87. The normalized spacial score (nSPS) is 14.6. The third-order valence-corrected chi connectivity index (χ3v) is 7.60. The minimum atomic E-state index is -0.343. The van der Waals surface area contributed by atoms with Crippen LogP contribution in [0, 0.1) is 0 Å². The number of thiophene rings is 1. The number of hydrogen-bond donors (Lipinski definition) is 1. The lowest BCUT2D eigenvalue weighted by atomic mass is 9.80. The smallest absolute Gasteiger partial charge is 0.348 e. The van der Waals surface area contributed by atoms with Gasteiger partial charge in [-0.2, -0.15) is 0 Å². The van der Waals surface area contributed by atoms with E-state index in [2.05, 4.69) is 0 Å². The minimum absolute atomic E-state index is 0.0365. The molecule has 1 aliphatic rings. The van der Waals surface area contributed by atoms with Gasteiger partial charge in [0.1, 0.15) is 10.6 Å².